The number of pyridine rings is 2. The SMILES string of the molecule is Cc1nn(-c2ccccn2)c2nc(C3CC3)cc(C(=O)NC(Cn3cncn3)c3ccccc3)c12. The molecule has 1 unspecified atom stereocenters. The molecule has 6 rings (SSSR count). The third-order valence-electron chi connectivity index (χ3n) is 6.28. The van der Waals surface area contributed by atoms with Gasteiger partial charge in [0.15, 0.2) is 11.5 Å². The Morgan fingerprint density at radius 3 is 2.69 bits per heavy atom. The van der Waals surface area contributed by atoms with Crippen molar-refractivity contribution in [1.82, 2.24) is 39.8 Å². The molecule has 1 fully saturated rings. The van der Waals surface area contributed by atoms with E-state index in [2.05, 4.69) is 20.4 Å². The first kappa shape index (κ1) is 21.2. The smallest absolute Gasteiger partial charge is 0.252 e. The number of benzene rings is 1. The van der Waals surface area contributed by atoms with Gasteiger partial charge in [-0.25, -0.2) is 15.0 Å². The molecule has 0 bridgehead atoms. The Morgan fingerprint density at radius 1 is 1.14 bits per heavy atom. The minimum Gasteiger partial charge on any atom is -0.343 e. The van der Waals surface area contributed by atoms with Crippen LogP contribution in [0.1, 0.15) is 52.1 Å². The summed E-state index contributed by atoms with van der Waals surface area (Å²) in [6.07, 6.45) is 7.03. The van der Waals surface area contributed by atoms with Crippen LogP contribution in [-0.2, 0) is 6.54 Å². The predicted octanol–water partition coefficient (Wildman–Crippen LogP) is 3.76. The van der Waals surface area contributed by atoms with Crippen LogP contribution in [0.2, 0.25) is 0 Å². The predicted molar refractivity (Wildman–Crippen MR) is 130 cm³/mol. The Bertz CT molecular complexity index is 1470. The molecule has 1 aromatic carbocycles. The van der Waals surface area contributed by atoms with Crippen LogP contribution in [0.5, 0.6) is 0 Å². The number of hydrogen-bond donors (Lipinski definition) is 1. The van der Waals surface area contributed by atoms with Gasteiger partial charge in [0.2, 0.25) is 0 Å². The van der Waals surface area contributed by atoms with Crippen molar-refractivity contribution in [3.05, 3.63) is 96.0 Å². The van der Waals surface area contributed by atoms with Gasteiger partial charge in [0, 0.05) is 17.8 Å². The zero-order valence-corrected chi connectivity index (χ0v) is 19.2. The van der Waals surface area contributed by atoms with E-state index in [9.17, 15) is 4.79 Å². The van der Waals surface area contributed by atoms with E-state index in [1.165, 1.54) is 6.33 Å². The lowest BCUT2D eigenvalue weighted by molar-refractivity contribution is 0.0933. The summed E-state index contributed by atoms with van der Waals surface area (Å²) in [6.45, 7) is 2.37. The summed E-state index contributed by atoms with van der Waals surface area (Å²) >= 11 is 0. The molecule has 4 aromatic heterocycles. The Hall–Kier alpha value is -4.40. The monoisotopic (exact) mass is 464 g/mol. The van der Waals surface area contributed by atoms with Gasteiger partial charge in [0.05, 0.1) is 29.2 Å². The number of aromatic nitrogens is 7. The highest BCUT2D eigenvalue weighted by Crippen LogP contribution is 2.40. The molecule has 5 aromatic rings. The highest BCUT2D eigenvalue weighted by Gasteiger charge is 2.30. The first-order valence-corrected chi connectivity index (χ1v) is 11.7. The van der Waals surface area contributed by atoms with Gasteiger partial charge in [0.1, 0.15) is 12.7 Å². The summed E-state index contributed by atoms with van der Waals surface area (Å²) in [5.41, 5.74) is 3.88. The molecular formula is C26H24N8O. The van der Waals surface area contributed by atoms with Crippen molar-refractivity contribution in [3.8, 4) is 5.82 Å². The Labute approximate surface area is 201 Å². The van der Waals surface area contributed by atoms with E-state index < -0.39 is 0 Å². The third kappa shape index (κ3) is 4.16. The fourth-order valence-corrected chi connectivity index (χ4v) is 4.38. The molecule has 9 heteroatoms. The van der Waals surface area contributed by atoms with Gasteiger partial charge in [-0.2, -0.15) is 14.9 Å². The van der Waals surface area contributed by atoms with E-state index in [1.807, 2.05) is 61.5 Å². The molecule has 0 radical (unpaired) electrons. The number of hydrogen-bond acceptors (Lipinski definition) is 6. The molecule has 174 valence electrons. The van der Waals surface area contributed by atoms with Crippen molar-refractivity contribution in [1.29, 1.82) is 0 Å². The van der Waals surface area contributed by atoms with Crippen molar-refractivity contribution in [2.45, 2.75) is 38.3 Å². The van der Waals surface area contributed by atoms with Gasteiger partial charge < -0.3 is 5.32 Å². The molecule has 4 heterocycles. The second kappa shape index (κ2) is 8.75. The van der Waals surface area contributed by atoms with E-state index in [4.69, 9.17) is 10.1 Å². The van der Waals surface area contributed by atoms with Gasteiger partial charge in [-0.05, 0) is 43.5 Å². The summed E-state index contributed by atoms with van der Waals surface area (Å²) in [5, 5.41) is 12.9. The summed E-state index contributed by atoms with van der Waals surface area (Å²) in [5.74, 6) is 0.876. The molecule has 0 spiro atoms. The Morgan fingerprint density at radius 2 is 1.97 bits per heavy atom. The van der Waals surface area contributed by atoms with Gasteiger partial charge in [-0.15, -0.1) is 0 Å². The number of nitrogens with zero attached hydrogens (tertiary/aromatic N) is 7. The molecular weight excluding hydrogens is 440 g/mol. The Kier molecular flexibility index (Phi) is 5.29. The summed E-state index contributed by atoms with van der Waals surface area (Å²) in [7, 11) is 0. The molecule has 1 saturated carbocycles. The lowest BCUT2D eigenvalue weighted by Gasteiger charge is -2.20. The average molecular weight is 465 g/mol. The van der Waals surface area contributed by atoms with Crippen LogP contribution in [0, 0.1) is 6.92 Å². The number of carbonyl (C=O) groups excluding carboxylic acids is 1. The molecule has 9 nitrogen and oxygen atoms in total. The maximum absolute atomic E-state index is 13.8. The van der Waals surface area contributed by atoms with Crippen LogP contribution in [0.15, 0.2) is 73.4 Å². The van der Waals surface area contributed by atoms with Crippen LogP contribution < -0.4 is 5.32 Å². The Balaban J connectivity index is 1.43. The van der Waals surface area contributed by atoms with E-state index in [0.29, 0.717) is 29.5 Å². The van der Waals surface area contributed by atoms with Gasteiger partial charge in [0.25, 0.3) is 5.91 Å². The quantitative estimate of drug-likeness (QED) is 0.393. The van der Waals surface area contributed by atoms with Crippen LogP contribution in [-0.4, -0.2) is 40.4 Å². The van der Waals surface area contributed by atoms with E-state index in [1.54, 1.807) is 21.9 Å². The number of carbonyl (C=O) groups is 1. The fraction of sp³-hybridized carbons (Fsp3) is 0.231. The second-order valence-electron chi connectivity index (χ2n) is 8.81. The number of aryl methyl sites for hydroxylation is 1. The number of amides is 1. The third-order valence-corrected chi connectivity index (χ3v) is 6.28. The summed E-state index contributed by atoms with van der Waals surface area (Å²) < 4.78 is 3.46. The molecule has 0 aliphatic heterocycles. The normalized spacial score (nSPS) is 14.2. The summed E-state index contributed by atoms with van der Waals surface area (Å²) in [6, 6.07) is 17.2. The van der Waals surface area contributed by atoms with Gasteiger partial charge >= 0.3 is 0 Å². The minimum absolute atomic E-state index is 0.170. The van der Waals surface area contributed by atoms with Gasteiger partial charge in [-0.1, -0.05) is 36.4 Å². The first-order chi connectivity index (χ1) is 17.2. The number of fused-ring (bicyclic) bond motifs is 1. The molecule has 35 heavy (non-hydrogen) atoms. The number of rotatable bonds is 7. The molecule has 1 aliphatic rings. The lowest BCUT2D eigenvalue weighted by Crippen LogP contribution is -2.32. The minimum atomic E-state index is -0.288. The van der Waals surface area contributed by atoms with Crippen molar-refractivity contribution in [2.75, 3.05) is 0 Å². The highest BCUT2D eigenvalue weighted by atomic mass is 16.1. The lowest BCUT2D eigenvalue weighted by atomic mass is 10.0. The molecule has 1 atom stereocenters. The highest BCUT2D eigenvalue weighted by molar-refractivity contribution is 6.07. The van der Waals surface area contributed by atoms with Crippen molar-refractivity contribution in [3.63, 3.8) is 0 Å². The molecule has 1 aliphatic carbocycles. The maximum Gasteiger partial charge on any atom is 0.252 e. The zero-order valence-electron chi connectivity index (χ0n) is 19.2. The van der Waals surface area contributed by atoms with Crippen LogP contribution in [0.25, 0.3) is 16.9 Å². The van der Waals surface area contributed by atoms with Gasteiger partial charge in [-0.3, -0.25) is 9.48 Å². The summed E-state index contributed by atoms with van der Waals surface area (Å²) in [4.78, 5) is 27.3. The molecule has 0 saturated heterocycles. The number of nitrogens with one attached hydrogen (secondary N) is 1. The van der Waals surface area contributed by atoms with Crippen LogP contribution >= 0.6 is 0 Å². The average Bonchev–Trinajstić information content (AvgIpc) is 3.53. The maximum atomic E-state index is 13.8. The second-order valence-corrected chi connectivity index (χ2v) is 8.81. The van der Waals surface area contributed by atoms with Crippen LogP contribution in [0.3, 0.4) is 0 Å². The molecule has 1 amide bonds. The first-order valence-electron chi connectivity index (χ1n) is 11.7. The molecule has 1 N–H and O–H groups in total. The van der Waals surface area contributed by atoms with Crippen LogP contribution in [0.4, 0.5) is 0 Å². The largest absolute Gasteiger partial charge is 0.343 e. The van der Waals surface area contributed by atoms with E-state index in [0.717, 1.165) is 35.2 Å². The topological polar surface area (TPSA) is 103 Å². The van der Waals surface area contributed by atoms with Crippen molar-refractivity contribution in [2.24, 2.45) is 0 Å². The van der Waals surface area contributed by atoms with E-state index in [-0.39, 0.29) is 11.9 Å². The fourth-order valence-electron chi connectivity index (χ4n) is 4.38. The van der Waals surface area contributed by atoms with E-state index >= 15 is 0 Å². The van der Waals surface area contributed by atoms with Crippen molar-refractivity contribution >= 4 is 16.9 Å². The van der Waals surface area contributed by atoms with Crippen molar-refractivity contribution < 1.29 is 4.79 Å². The zero-order chi connectivity index (χ0) is 23.8. The standard InChI is InChI=1S/C26H24N8O/c1-17-24-20(26(35)31-22(14-33-16-27-15-29-33)18-7-3-2-4-8-18)13-21(19-10-11-19)30-25(24)34(32-17)23-9-5-6-12-28-23/h2-9,12-13,15-16,19,22H,10-11,14H2,1H3,(H,31,35).